The van der Waals surface area contributed by atoms with Crippen molar-refractivity contribution >= 4 is 34.0 Å². The number of thioether (sulfide) groups is 1. The maximum absolute atomic E-state index is 13.2. The van der Waals surface area contributed by atoms with Crippen LogP contribution in [0.15, 0.2) is 82.7 Å². The average Bonchev–Trinajstić information content (AvgIpc) is 2.80. The van der Waals surface area contributed by atoms with Gasteiger partial charge in [-0.05, 0) is 23.3 Å². The minimum absolute atomic E-state index is 0.0117. The first-order valence-corrected chi connectivity index (χ1v) is 10.5. The van der Waals surface area contributed by atoms with Gasteiger partial charge >= 0.3 is 0 Å². The number of nitro benzene ring substituents is 2. The molecule has 9 nitrogen and oxygen atoms in total. The first-order valence-electron chi connectivity index (χ1n) is 9.51. The number of nitro groups is 2. The van der Waals surface area contributed by atoms with Crippen molar-refractivity contribution in [1.82, 2.24) is 9.55 Å². The Balaban J connectivity index is 1.67. The van der Waals surface area contributed by atoms with Gasteiger partial charge in [0.2, 0.25) is 0 Å². The lowest BCUT2D eigenvalue weighted by Gasteiger charge is -2.13. The number of hydrogen-bond donors (Lipinski definition) is 0. The van der Waals surface area contributed by atoms with Crippen molar-refractivity contribution in [2.45, 2.75) is 17.5 Å². The summed E-state index contributed by atoms with van der Waals surface area (Å²) in [6.07, 6.45) is 0. The van der Waals surface area contributed by atoms with Crippen LogP contribution in [-0.2, 0) is 12.3 Å². The summed E-state index contributed by atoms with van der Waals surface area (Å²) in [5.74, 6) is 0.461. The summed E-state index contributed by atoms with van der Waals surface area (Å²) in [5.41, 5.74) is 1.93. The molecule has 4 aromatic rings. The summed E-state index contributed by atoms with van der Waals surface area (Å²) in [7, 11) is 0. The van der Waals surface area contributed by atoms with Gasteiger partial charge in [0.05, 0.1) is 27.3 Å². The summed E-state index contributed by atoms with van der Waals surface area (Å²) < 4.78 is 1.54. The smallest absolute Gasteiger partial charge is 0.269 e. The molecule has 10 heteroatoms. The number of para-hydroxylation sites is 1. The Bertz CT molecular complexity index is 1370. The molecule has 0 fully saturated rings. The summed E-state index contributed by atoms with van der Waals surface area (Å²) >= 11 is 1.34. The lowest BCUT2D eigenvalue weighted by Crippen LogP contribution is -2.24. The number of benzene rings is 3. The third-order valence-corrected chi connectivity index (χ3v) is 5.88. The molecule has 0 amide bonds. The third kappa shape index (κ3) is 4.49. The number of hydrogen-bond acceptors (Lipinski definition) is 7. The van der Waals surface area contributed by atoms with E-state index in [1.807, 2.05) is 0 Å². The maximum atomic E-state index is 13.2. The Hall–Kier alpha value is -4.05. The van der Waals surface area contributed by atoms with Crippen molar-refractivity contribution in [1.29, 1.82) is 0 Å². The van der Waals surface area contributed by atoms with E-state index in [9.17, 15) is 25.0 Å². The molecule has 0 bridgehead atoms. The SMILES string of the molecule is O=c1c2ccccc2nc(SCc2ccc([N+](=O)[O-])cc2)n1Cc1ccc([N+](=O)[O-])cc1. The van der Waals surface area contributed by atoms with Crippen molar-refractivity contribution in [2.24, 2.45) is 0 Å². The molecule has 0 aliphatic heterocycles. The zero-order chi connectivity index (χ0) is 22.7. The van der Waals surface area contributed by atoms with E-state index in [-0.39, 0.29) is 23.5 Å². The van der Waals surface area contributed by atoms with Crippen LogP contribution in [0.4, 0.5) is 11.4 Å². The highest BCUT2D eigenvalue weighted by molar-refractivity contribution is 7.98. The maximum Gasteiger partial charge on any atom is 0.269 e. The Morgan fingerprint density at radius 1 is 0.812 bits per heavy atom. The molecular formula is C22H16N4O5S. The van der Waals surface area contributed by atoms with Gasteiger partial charge in [-0.25, -0.2) is 4.98 Å². The monoisotopic (exact) mass is 448 g/mol. The van der Waals surface area contributed by atoms with Crippen molar-refractivity contribution in [3.8, 4) is 0 Å². The van der Waals surface area contributed by atoms with Gasteiger partial charge in [-0.2, -0.15) is 0 Å². The fraction of sp³-hybridized carbons (Fsp3) is 0.0909. The number of non-ortho nitro benzene ring substituents is 2. The molecule has 0 spiro atoms. The minimum atomic E-state index is -0.473. The molecule has 4 rings (SSSR count). The van der Waals surface area contributed by atoms with Gasteiger partial charge in [0.1, 0.15) is 0 Å². The zero-order valence-corrected chi connectivity index (χ0v) is 17.4. The highest BCUT2D eigenvalue weighted by Gasteiger charge is 2.14. The van der Waals surface area contributed by atoms with Crippen LogP contribution in [0.1, 0.15) is 11.1 Å². The van der Waals surface area contributed by atoms with Gasteiger partial charge in [0.25, 0.3) is 16.9 Å². The predicted octanol–water partition coefficient (Wildman–Crippen LogP) is 4.55. The molecule has 32 heavy (non-hydrogen) atoms. The molecular weight excluding hydrogens is 432 g/mol. The lowest BCUT2D eigenvalue weighted by molar-refractivity contribution is -0.385. The van der Waals surface area contributed by atoms with E-state index in [0.29, 0.717) is 21.8 Å². The standard InChI is InChI=1S/C22H16N4O5S/c27-21-19-3-1-2-4-20(19)23-22(32-14-16-7-11-18(12-8-16)26(30)31)24(21)13-15-5-9-17(10-6-15)25(28)29/h1-12H,13-14H2. The summed E-state index contributed by atoms with van der Waals surface area (Å²) in [6.45, 7) is 0.206. The molecule has 0 aliphatic rings. The van der Waals surface area contributed by atoms with Crippen LogP contribution in [0.25, 0.3) is 10.9 Å². The second-order valence-corrected chi connectivity index (χ2v) is 7.88. The fourth-order valence-electron chi connectivity index (χ4n) is 3.16. The van der Waals surface area contributed by atoms with E-state index in [1.54, 1.807) is 53.1 Å². The van der Waals surface area contributed by atoms with E-state index in [4.69, 9.17) is 0 Å². The van der Waals surface area contributed by atoms with Crippen LogP contribution in [0.5, 0.6) is 0 Å². The molecule has 160 valence electrons. The number of nitrogens with zero attached hydrogens (tertiary/aromatic N) is 4. The number of fused-ring (bicyclic) bond motifs is 1. The zero-order valence-electron chi connectivity index (χ0n) is 16.6. The second-order valence-electron chi connectivity index (χ2n) is 6.94. The Kier molecular flexibility index (Phi) is 5.95. The lowest BCUT2D eigenvalue weighted by atomic mass is 10.2. The molecule has 0 saturated heterocycles. The van der Waals surface area contributed by atoms with Gasteiger partial charge in [-0.1, -0.05) is 48.2 Å². The van der Waals surface area contributed by atoms with Crippen LogP contribution in [0.2, 0.25) is 0 Å². The molecule has 0 radical (unpaired) electrons. The van der Waals surface area contributed by atoms with Crippen molar-refractivity contribution < 1.29 is 9.85 Å². The normalized spacial score (nSPS) is 10.9. The van der Waals surface area contributed by atoms with Gasteiger partial charge in [0, 0.05) is 30.0 Å². The fourth-order valence-corrected chi connectivity index (χ4v) is 4.12. The van der Waals surface area contributed by atoms with Crippen LogP contribution in [0, 0.1) is 20.2 Å². The quantitative estimate of drug-likeness (QED) is 0.176. The van der Waals surface area contributed by atoms with Crippen LogP contribution >= 0.6 is 11.8 Å². The van der Waals surface area contributed by atoms with E-state index < -0.39 is 9.85 Å². The molecule has 0 unspecified atom stereocenters. The van der Waals surface area contributed by atoms with E-state index in [1.165, 1.54) is 36.0 Å². The Labute approximate surface area is 185 Å². The summed E-state index contributed by atoms with van der Waals surface area (Å²) in [4.78, 5) is 38.7. The molecule has 3 aromatic carbocycles. The number of rotatable bonds is 7. The predicted molar refractivity (Wildman–Crippen MR) is 121 cm³/mol. The number of aromatic nitrogens is 2. The van der Waals surface area contributed by atoms with Gasteiger partial charge in [-0.15, -0.1) is 0 Å². The summed E-state index contributed by atoms with van der Waals surface area (Å²) in [6, 6.07) is 19.3. The summed E-state index contributed by atoms with van der Waals surface area (Å²) in [5, 5.41) is 22.7. The average molecular weight is 448 g/mol. The second kappa shape index (κ2) is 8.98. The van der Waals surface area contributed by atoms with E-state index >= 15 is 0 Å². The molecule has 0 atom stereocenters. The third-order valence-electron chi connectivity index (χ3n) is 4.83. The van der Waals surface area contributed by atoms with E-state index in [2.05, 4.69) is 4.98 Å². The van der Waals surface area contributed by atoms with Crippen molar-refractivity contribution in [2.75, 3.05) is 0 Å². The molecule has 0 aliphatic carbocycles. The van der Waals surface area contributed by atoms with Crippen molar-refractivity contribution in [3.05, 3.63) is 115 Å². The molecule has 0 N–H and O–H groups in total. The molecule has 0 saturated carbocycles. The minimum Gasteiger partial charge on any atom is -0.283 e. The first kappa shape index (κ1) is 21.2. The van der Waals surface area contributed by atoms with Crippen LogP contribution < -0.4 is 5.56 Å². The van der Waals surface area contributed by atoms with Crippen molar-refractivity contribution in [3.63, 3.8) is 0 Å². The van der Waals surface area contributed by atoms with E-state index in [0.717, 1.165) is 11.1 Å². The topological polar surface area (TPSA) is 121 Å². The van der Waals surface area contributed by atoms with Crippen LogP contribution in [-0.4, -0.2) is 19.4 Å². The van der Waals surface area contributed by atoms with Gasteiger partial charge < -0.3 is 0 Å². The Morgan fingerprint density at radius 2 is 1.38 bits per heavy atom. The Morgan fingerprint density at radius 3 is 1.97 bits per heavy atom. The highest BCUT2D eigenvalue weighted by Crippen LogP contribution is 2.24. The first-order chi connectivity index (χ1) is 15.4. The largest absolute Gasteiger partial charge is 0.283 e. The van der Waals surface area contributed by atoms with Gasteiger partial charge in [-0.3, -0.25) is 29.6 Å². The molecule has 1 heterocycles. The highest BCUT2D eigenvalue weighted by atomic mass is 32.2. The van der Waals surface area contributed by atoms with Gasteiger partial charge in [0.15, 0.2) is 5.16 Å². The van der Waals surface area contributed by atoms with Crippen LogP contribution in [0.3, 0.4) is 0 Å². The molecule has 1 aromatic heterocycles.